The van der Waals surface area contributed by atoms with E-state index in [0.717, 1.165) is 29.6 Å². The summed E-state index contributed by atoms with van der Waals surface area (Å²) in [6.45, 7) is 2.67. The first-order valence-corrected chi connectivity index (χ1v) is 13.4. The molecular formula is C29H32N8O3. The molecule has 206 valence electrons. The van der Waals surface area contributed by atoms with Gasteiger partial charge in [0.25, 0.3) is 5.56 Å². The number of benzene rings is 2. The number of carbonyl (C=O) groups excluding carboxylic acids is 1. The Morgan fingerprint density at radius 2 is 1.90 bits per heavy atom. The molecule has 0 spiro atoms. The van der Waals surface area contributed by atoms with Crippen molar-refractivity contribution in [3.05, 3.63) is 83.3 Å². The molecule has 11 heteroatoms. The molecule has 3 aromatic heterocycles. The van der Waals surface area contributed by atoms with Crippen molar-refractivity contribution in [3.8, 4) is 5.69 Å². The number of hydrogen-bond donors (Lipinski definition) is 5. The van der Waals surface area contributed by atoms with Gasteiger partial charge >= 0.3 is 0 Å². The van der Waals surface area contributed by atoms with E-state index in [0.29, 0.717) is 47.6 Å². The van der Waals surface area contributed by atoms with Crippen LogP contribution in [-0.4, -0.2) is 42.2 Å². The normalized spacial score (nSPS) is 11.9. The largest absolute Gasteiger partial charge is 0.384 e. The second kappa shape index (κ2) is 12.4. The first-order valence-electron chi connectivity index (χ1n) is 13.4. The molecule has 2 aromatic carbocycles. The number of hydrogen-bond acceptors (Lipinski definition) is 8. The van der Waals surface area contributed by atoms with Gasteiger partial charge in [-0.05, 0) is 49.6 Å². The SMILES string of the molecule is CC[C@H](Nc1nccc2[nH]cnc12)c1nc2cccc(NCCCCCC(=O)NO)c2c(=O)n1-c1ccccc1. The smallest absolute Gasteiger partial charge is 0.268 e. The van der Waals surface area contributed by atoms with Crippen LogP contribution in [0.1, 0.15) is 50.9 Å². The van der Waals surface area contributed by atoms with Gasteiger partial charge in [0.15, 0.2) is 5.82 Å². The molecule has 0 aliphatic heterocycles. The number of rotatable bonds is 12. The van der Waals surface area contributed by atoms with Crippen LogP contribution in [0.15, 0.2) is 71.9 Å². The van der Waals surface area contributed by atoms with Crippen molar-refractivity contribution >= 4 is 39.3 Å². The summed E-state index contributed by atoms with van der Waals surface area (Å²) >= 11 is 0. The van der Waals surface area contributed by atoms with Crippen LogP contribution < -0.4 is 21.7 Å². The lowest BCUT2D eigenvalue weighted by atomic mass is 10.1. The molecule has 0 radical (unpaired) electrons. The molecule has 0 saturated heterocycles. The van der Waals surface area contributed by atoms with Gasteiger partial charge in [0.05, 0.1) is 34.5 Å². The topological polar surface area (TPSA) is 150 Å². The maximum atomic E-state index is 14.2. The zero-order valence-electron chi connectivity index (χ0n) is 22.2. The van der Waals surface area contributed by atoms with Crippen molar-refractivity contribution in [2.24, 2.45) is 0 Å². The van der Waals surface area contributed by atoms with E-state index in [1.807, 2.05) is 61.5 Å². The highest BCUT2D eigenvalue weighted by atomic mass is 16.5. The fraction of sp³-hybridized carbons (Fsp3) is 0.276. The van der Waals surface area contributed by atoms with Crippen molar-refractivity contribution < 1.29 is 10.0 Å². The molecule has 5 aromatic rings. The minimum Gasteiger partial charge on any atom is -0.384 e. The van der Waals surface area contributed by atoms with E-state index in [1.165, 1.54) is 0 Å². The summed E-state index contributed by atoms with van der Waals surface area (Å²) in [5.41, 5.74) is 5.11. The Balaban J connectivity index is 1.51. The van der Waals surface area contributed by atoms with Crippen molar-refractivity contribution in [1.29, 1.82) is 0 Å². The molecule has 0 fully saturated rings. The summed E-state index contributed by atoms with van der Waals surface area (Å²) in [7, 11) is 0. The number of amides is 1. The number of unbranched alkanes of at least 4 members (excludes halogenated alkanes) is 2. The van der Waals surface area contributed by atoms with Crippen LogP contribution in [-0.2, 0) is 4.79 Å². The van der Waals surface area contributed by atoms with E-state index in [4.69, 9.17) is 10.2 Å². The molecule has 1 atom stereocenters. The summed E-state index contributed by atoms with van der Waals surface area (Å²) < 4.78 is 1.67. The quantitative estimate of drug-likeness (QED) is 0.0868. The molecular weight excluding hydrogens is 508 g/mol. The van der Waals surface area contributed by atoms with Crippen LogP contribution in [0.4, 0.5) is 11.5 Å². The molecule has 0 bridgehead atoms. The van der Waals surface area contributed by atoms with E-state index in [2.05, 4.69) is 25.6 Å². The Bertz CT molecular complexity index is 1670. The van der Waals surface area contributed by atoms with Crippen molar-refractivity contribution in [3.63, 3.8) is 0 Å². The van der Waals surface area contributed by atoms with E-state index >= 15 is 0 Å². The Kier molecular flexibility index (Phi) is 8.31. The molecule has 5 rings (SSSR count). The number of aromatic nitrogens is 5. The van der Waals surface area contributed by atoms with Crippen molar-refractivity contribution in [2.45, 2.75) is 45.1 Å². The fourth-order valence-electron chi connectivity index (χ4n) is 4.81. The number of pyridine rings is 1. The molecule has 40 heavy (non-hydrogen) atoms. The minimum absolute atomic E-state index is 0.167. The number of H-pyrrole nitrogens is 1. The molecule has 1 amide bonds. The van der Waals surface area contributed by atoms with Crippen LogP contribution in [0.5, 0.6) is 0 Å². The zero-order valence-corrected chi connectivity index (χ0v) is 22.2. The summed E-state index contributed by atoms with van der Waals surface area (Å²) in [4.78, 5) is 42.5. The summed E-state index contributed by atoms with van der Waals surface area (Å²) in [6.07, 6.45) is 6.56. The van der Waals surface area contributed by atoms with Crippen molar-refractivity contribution in [2.75, 3.05) is 17.2 Å². The van der Waals surface area contributed by atoms with Crippen LogP contribution in [0.2, 0.25) is 0 Å². The number of nitrogens with one attached hydrogen (secondary N) is 4. The third kappa shape index (κ3) is 5.64. The van der Waals surface area contributed by atoms with Gasteiger partial charge in [0, 0.05) is 24.8 Å². The average molecular weight is 541 g/mol. The minimum atomic E-state index is -0.387. The predicted molar refractivity (Wildman–Crippen MR) is 155 cm³/mol. The monoisotopic (exact) mass is 540 g/mol. The van der Waals surface area contributed by atoms with Gasteiger partial charge in [-0.2, -0.15) is 0 Å². The Morgan fingerprint density at radius 1 is 1.05 bits per heavy atom. The summed E-state index contributed by atoms with van der Waals surface area (Å²) in [5, 5.41) is 16.0. The van der Waals surface area contributed by atoms with Gasteiger partial charge in [-0.3, -0.25) is 19.4 Å². The van der Waals surface area contributed by atoms with E-state index in [1.54, 1.807) is 22.6 Å². The van der Waals surface area contributed by atoms with Gasteiger partial charge in [0.2, 0.25) is 5.91 Å². The average Bonchev–Trinajstić information content (AvgIpc) is 3.47. The summed E-state index contributed by atoms with van der Waals surface area (Å²) in [5.74, 6) is 0.813. The zero-order chi connectivity index (χ0) is 27.9. The van der Waals surface area contributed by atoms with Crippen LogP contribution >= 0.6 is 0 Å². The third-order valence-corrected chi connectivity index (χ3v) is 6.83. The van der Waals surface area contributed by atoms with E-state index in [9.17, 15) is 9.59 Å². The number of imidazole rings is 1. The van der Waals surface area contributed by atoms with Gasteiger partial charge in [-0.15, -0.1) is 0 Å². The number of nitrogens with zero attached hydrogens (tertiary/aromatic N) is 4. The number of hydroxylamine groups is 1. The Morgan fingerprint density at radius 3 is 2.70 bits per heavy atom. The maximum Gasteiger partial charge on any atom is 0.268 e. The third-order valence-electron chi connectivity index (χ3n) is 6.83. The molecule has 0 aliphatic rings. The number of aromatic amines is 1. The van der Waals surface area contributed by atoms with Crippen molar-refractivity contribution in [1.82, 2.24) is 30.0 Å². The molecule has 0 unspecified atom stereocenters. The van der Waals surface area contributed by atoms with Crippen LogP contribution in [0.25, 0.3) is 27.6 Å². The van der Waals surface area contributed by atoms with Gasteiger partial charge < -0.3 is 15.6 Å². The highest BCUT2D eigenvalue weighted by molar-refractivity contribution is 5.91. The number of para-hydroxylation sites is 1. The second-order valence-electron chi connectivity index (χ2n) is 9.48. The van der Waals surface area contributed by atoms with Gasteiger partial charge in [-0.25, -0.2) is 20.4 Å². The molecule has 11 nitrogen and oxygen atoms in total. The second-order valence-corrected chi connectivity index (χ2v) is 9.48. The first kappa shape index (κ1) is 26.8. The molecule has 3 heterocycles. The number of fused-ring (bicyclic) bond motifs is 2. The highest BCUT2D eigenvalue weighted by Gasteiger charge is 2.22. The number of anilines is 2. The lowest BCUT2D eigenvalue weighted by Crippen LogP contribution is -2.29. The molecule has 0 saturated carbocycles. The lowest BCUT2D eigenvalue weighted by molar-refractivity contribution is -0.129. The van der Waals surface area contributed by atoms with E-state index in [-0.39, 0.29) is 23.9 Å². The molecule has 5 N–H and O–H groups in total. The Hall–Kier alpha value is -4.77. The van der Waals surface area contributed by atoms with Crippen LogP contribution in [0, 0.1) is 0 Å². The van der Waals surface area contributed by atoms with E-state index < -0.39 is 0 Å². The first-order chi connectivity index (χ1) is 19.6. The Labute approximate surface area is 230 Å². The number of carbonyl (C=O) groups is 1. The summed E-state index contributed by atoms with van der Waals surface area (Å²) in [6, 6.07) is 16.7. The van der Waals surface area contributed by atoms with Gasteiger partial charge in [0.1, 0.15) is 11.3 Å². The maximum absolute atomic E-state index is 14.2. The van der Waals surface area contributed by atoms with Gasteiger partial charge in [-0.1, -0.05) is 37.6 Å². The highest BCUT2D eigenvalue weighted by Crippen LogP contribution is 2.28. The van der Waals surface area contributed by atoms with Crippen LogP contribution in [0.3, 0.4) is 0 Å². The lowest BCUT2D eigenvalue weighted by Gasteiger charge is -2.23. The standard InChI is InChI=1S/C29H32N8O3/c1-2-20(34-27-26-23(15-17-31-27)32-18-33-26)28-35-22-13-9-12-21(30-16-8-4-7-14-24(38)36-40)25(22)29(39)37(28)19-10-5-3-6-11-19/h3,5-6,9-13,15,17-18,20,30,40H,2,4,7-8,14,16H2,1H3,(H,31,34)(H,32,33)(H,36,38)/t20-/m0/s1. The molecule has 0 aliphatic carbocycles. The fourth-order valence-corrected chi connectivity index (χ4v) is 4.81. The predicted octanol–water partition coefficient (Wildman–Crippen LogP) is 4.70.